The van der Waals surface area contributed by atoms with Crippen LogP contribution in [-0.2, 0) is 4.79 Å². The number of likely N-dealkylation sites (N-methyl/N-ethyl adjacent to an activating group) is 1. The standard InChI is InChI=1S/C14H27N3O2/c1-3-4-10-15-14(19)16-13(18)11-17(2)12-8-6-5-7-9-12/h12H,3-11H2,1-2H3,(H2,15,16,18,19). The Balaban J connectivity index is 2.20. The molecule has 1 saturated carbocycles. The average molecular weight is 269 g/mol. The lowest BCUT2D eigenvalue weighted by molar-refractivity contribution is -0.121. The van der Waals surface area contributed by atoms with E-state index >= 15 is 0 Å². The SMILES string of the molecule is CCCCNC(=O)NC(=O)CN(C)C1CCCCC1. The predicted octanol–water partition coefficient (Wildman–Crippen LogP) is 1.88. The summed E-state index contributed by atoms with van der Waals surface area (Å²) in [4.78, 5) is 25.2. The van der Waals surface area contributed by atoms with E-state index in [9.17, 15) is 9.59 Å². The van der Waals surface area contributed by atoms with Crippen molar-refractivity contribution in [3.05, 3.63) is 0 Å². The van der Waals surface area contributed by atoms with Crippen molar-refractivity contribution < 1.29 is 9.59 Å². The summed E-state index contributed by atoms with van der Waals surface area (Å²) in [6, 6.07) is 0.109. The molecule has 0 unspecified atom stereocenters. The Kier molecular flexibility index (Phi) is 7.48. The van der Waals surface area contributed by atoms with Gasteiger partial charge >= 0.3 is 6.03 Å². The molecule has 2 N–H and O–H groups in total. The number of carbonyl (C=O) groups is 2. The normalized spacial score (nSPS) is 16.4. The summed E-state index contributed by atoms with van der Waals surface area (Å²) in [5.74, 6) is -0.220. The van der Waals surface area contributed by atoms with Crippen molar-refractivity contribution >= 4 is 11.9 Å². The zero-order chi connectivity index (χ0) is 14.1. The lowest BCUT2D eigenvalue weighted by atomic mass is 9.94. The molecule has 0 radical (unpaired) electrons. The number of carbonyl (C=O) groups excluding carboxylic acids is 2. The van der Waals surface area contributed by atoms with Crippen molar-refractivity contribution in [2.45, 2.75) is 57.9 Å². The van der Waals surface area contributed by atoms with Gasteiger partial charge in [-0.05, 0) is 26.3 Å². The van der Waals surface area contributed by atoms with E-state index in [0.29, 0.717) is 19.1 Å². The summed E-state index contributed by atoms with van der Waals surface area (Å²) in [5, 5.41) is 5.06. The summed E-state index contributed by atoms with van der Waals surface area (Å²) < 4.78 is 0. The van der Waals surface area contributed by atoms with Gasteiger partial charge in [-0.3, -0.25) is 15.0 Å². The maximum Gasteiger partial charge on any atom is 0.321 e. The molecule has 0 heterocycles. The quantitative estimate of drug-likeness (QED) is 0.724. The second kappa shape index (κ2) is 8.91. The number of imide groups is 1. The first-order valence-corrected chi connectivity index (χ1v) is 7.41. The fourth-order valence-electron chi connectivity index (χ4n) is 2.47. The van der Waals surface area contributed by atoms with Crippen molar-refractivity contribution in [2.75, 3.05) is 20.1 Å². The zero-order valence-corrected chi connectivity index (χ0v) is 12.2. The van der Waals surface area contributed by atoms with Crippen LogP contribution in [-0.4, -0.2) is 43.0 Å². The van der Waals surface area contributed by atoms with E-state index in [0.717, 1.165) is 25.7 Å². The fourth-order valence-corrected chi connectivity index (χ4v) is 2.47. The highest BCUT2D eigenvalue weighted by Crippen LogP contribution is 2.21. The van der Waals surface area contributed by atoms with Gasteiger partial charge in [-0.25, -0.2) is 4.79 Å². The van der Waals surface area contributed by atoms with Crippen molar-refractivity contribution in [3.63, 3.8) is 0 Å². The van der Waals surface area contributed by atoms with Gasteiger partial charge in [-0.15, -0.1) is 0 Å². The Morgan fingerprint density at radius 3 is 2.53 bits per heavy atom. The number of unbranched alkanes of at least 4 members (excludes halogenated alkanes) is 1. The third-order valence-corrected chi connectivity index (χ3v) is 3.66. The van der Waals surface area contributed by atoms with Gasteiger partial charge in [0.2, 0.25) is 5.91 Å². The van der Waals surface area contributed by atoms with E-state index in [1.54, 1.807) is 0 Å². The molecular formula is C14H27N3O2. The largest absolute Gasteiger partial charge is 0.338 e. The third-order valence-electron chi connectivity index (χ3n) is 3.66. The van der Waals surface area contributed by atoms with Gasteiger partial charge in [-0.1, -0.05) is 32.6 Å². The Hall–Kier alpha value is -1.10. The predicted molar refractivity (Wildman–Crippen MR) is 76.0 cm³/mol. The molecule has 19 heavy (non-hydrogen) atoms. The topological polar surface area (TPSA) is 61.4 Å². The molecular weight excluding hydrogens is 242 g/mol. The van der Waals surface area contributed by atoms with Gasteiger partial charge in [0.1, 0.15) is 0 Å². The van der Waals surface area contributed by atoms with Crippen LogP contribution < -0.4 is 10.6 Å². The summed E-state index contributed by atoms with van der Waals surface area (Å²) in [5.41, 5.74) is 0. The molecule has 0 saturated heterocycles. The molecule has 3 amide bonds. The van der Waals surface area contributed by atoms with Crippen LogP contribution in [0.3, 0.4) is 0 Å². The highest BCUT2D eigenvalue weighted by atomic mass is 16.2. The Morgan fingerprint density at radius 2 is 1.89 bits per heavy atom. The molecule has 5 nitrogen and oxygen atoms in total. The van der Waals surface area contributed by atoms with Crippen molar-refractivity contribution in [1.29, 1.82) is 0 Å². The summed E-state index contributed by atoms with van der Waals surface area (Å²) in [6.07, 6.45) is 8.07. The molecule has 0 bridgehead atoms. The number of amides is 3. The summed E-state index contributed by atoms with van der Waals surface area (Å²) in [6.45, 7) is 2.98. The molecule has 1 aliphatic rings. The molecule has 1 rings (SSSR count). The van der Waals surface area contributed by atoms with E-state index in [4.69, 9.17) is 0 Å². The highest BCUT2D eigenvalue weighted by Gasteiger charge is 2.20. The van der Waals surface area contributed by atoms with E-state index in [-0.39, 0.29) is 11.9 Å². The number of hydrogen-bond acceptors (Lipinski definition) is 3. The maximum absolute atomic E-state index is 11.7. The second-order valence-electron chi connectivity index (χ2n) is 5.36. The molecule has 0 aromatic heterocycles. The molecule has 0 aromatic rings. The minimum atomic E-state index is -0.379. The van der Waals surface area contributed by atoms with Crippen molar-refractivity contribution in [3.8, 4) is 0 Å². The number of nitrogens with zero attached hydrogens (tertiary/aromatic N) is 1. The molecule has 0 aliphatic heterocycles. The van der Waals surface area contributed by atoms with Gasteiger partial charge in [0.05, 0.1) is 6.54 Å². The van der Waals surface area contributed by atoms with Crippen molar-refractivity contribution in [1.82, 2.24) is 15.5 Å². The second-order valence-corrected chi connectivity index (χ2v) is 5.36. The lowest BCUT2D eigenvalue weighted by Crippen LogP contribution is -2.46. The first-order valence-electron chi connectivity index (χ1n) is 7.41. The molecule has 1 fully saturated rings. The van der Waals surface area contributed by atoms with Crippen LogP contribution in [0, 0.1) is 0 Å². The van der Waals surface area contributed by atoms with Gasteiger partial charge in [0, 0.05) is 12.6 Å². The Bertz CT molecular complexity index is 288. The van der Waals surface area contributed by atoms with Gasteiger partial charge in [-0.2, -0.15) is 0 Å². The summed E-state index contributed by atoms with van der Waals surface area (Å²) in [7, 11) is 1.96. The first-order chi connectivity index (χ1) is 9.13. The van der Waals surface area contributed by atoms with Gasteiger partial charge < -0.3 is 5.32 Å². The van der Waals surface area contributed by atoms with Crippen LogP contribution in [0.5, 0.6) is 0 Å². The smallest absolute Gasteiger partial charge is 0.321 e. The number of nitrogens with one attached hydrogen (secondary N) is 2. The van der Waals surface area contributed by atoms with Crippen LogP contribution in [0.4, 0.5) is 4.79 Å². The zero-order valence-electron chi connectivity index (χ0n) is 12.2. The van der Waals surface area contributed by atoms with E-state index in [1.807, 2.05) is 7.05 Å². The minimum Gasteiger partial charge on any atom is -0.338 e. The molecule has 0 spiro atoms. The minimum absolute atomic E-state index is 0.220. The van der Waals surface area contributed by atoms with Gasteiger partial charge in [0.15, 0.2) is 0 Å². The number of urea groups is 1. The first kappa shape index (κ1) is 16.0. The molecule has 110 valence electrons. The third kappa shape index (κ3) is 6.57. The Morgan fingerprint density at radius 1 is 1.21 bits per heavy atom. The lowest BCUT2D eigenvalue weighted by Gasteiger charge is -2.30. The molecule has 1 aliphatic carbocycles. The molecule has 5 heteroatoms. The van der Waals surface area contributed by atoms with Crippen molar-refractivity contribution in [2.24, 2.45) is 0 Å². The fraction of sp³-hybridized carbons (Fsp3) is 0.857. The van der Waals surface area contributed by atoms with E-state index in [2.05, 4.69) is 22.5 Å². The van der Waals surface area contributed by atoms with Crippen LogP contribution in [0.25, 0.3) is 0 Å². The van der Waals surface area contributed by atoms with Crippen LogP contribution in [0.1, 0.15) is 51.9 Å². The monoisotopic (exact) mass is 269 g/mol. The van der Waals surface area contributed by atoms with Crippen LogP contribution in [0.2, 0.25) is 0 Å². The summed E-state index contributed by atoms with van der Waals surface area (Å²) >= 11 is 0. The van der Waals surface area contributed by atoms with E-state index in [1.165, 1.54) is 19.3 Å². The molecule has 0 aromatic carbocycles. The van der Waals surface area contributed by atoms with E-state index < -0.39 is 0 Å². The highest BCUT2D eigenvalue weighted by molar-refractivity contribution is 5.95. The Labute approximate surface area is 116 Å². The number of hydrogen-bond donors (Lipinski definition) is 2. The van der Waals surface area contributed by atoms with Gasteiger partial charge in [0.25, 0.3) is 0 Å². The maximum atomic E-state index is 11.7. The number of rotatable bonds is 6. The van der Waals surface area contributed by atoms with Crippen LogP contribution in [0.15, 0.2) is 0 Å². The molecule has 0 atom stereocenters. The average Bonchev–Trinajstić information content (AvgIpc) is 2.39. The van der Waals surface area contributed by atoms with Crippen LogP contribution >= 0.6 is 0 Å².